The van der Waals surface area contributed by atoms with Crippen molar-refractivity contribution in [1.82, 2.24) is 10.9 Å². The lowest BCUT2D eigenvalue weighted by Gasteiger charge is -2.18. The van der Waals surface area contributed by atoms with Gasteiger partial charge in [-0.05, 0) is 61.7 Å². The molecule has 0 unspecified atom stereocenters. The topological polar surface area (TPSA) is 85.9 Å². The van der Waals surface area contributed by atoms with Crippen LogP contribution in [0, 0.1) is 13.8 Å². The van der Waals surface area contributed by atoms with E-state index in [-0.39, 0.29) is 0 Å². The number of aryl methyl sites for hydroxylation is 1. The van der Waals surface area contributed by atoms with Crippen molar-refractivity contribution in [2.75, 3.05) is 13.2 Å². The zero-order valence-corrected chi connectivity index (χ0v) is 16.7. The number of benzene rings is 2. The number of nitrogens with one attached hydrogen (secondary N) is 2. The summed E-state index contributed by atoms with van der Waals surface area (Å²) >= 11 is 0. The molecule has 1 atom stereocenters. The molecule has 2 amide bonds. The Morgan fingerprint density at radius 1 is 1.07 bits per heavy atom. The van der Waals surface area contributed by atoms with Gasteiger partial charge in [0.15, 0.2) is 17.6 Å². The molecule has 2 aromatic carbocycles. The molecule has 1 aliphatic rings. The molecule has 152 valence electrons. The van der Waals surface area contributed by atoms with Crippen molar-refractivity contribution >= 4 is 17.9 Å². The van der Waals surface area contributed by atoms with Crippen LogP contribution in [0.15, 0.2) is 42.5 Å². The molecule has 0 spiro atoms. The van der Waals surface area contributed by atoms with Crippen LogP contribution in [0.2, 0.25) is 0 Å². The Kier molecular flexibility index (Phi) is 6.39. The second-order valence-electron chi connectivity index (χ2n) is 6.67. The Labute approximate surface area is 169 Å². The van der Waals surface area contributed by atoms with Crippen molar-refractivity contribution in [3.63, 3.8) is 0 Å². The van der Waals surface area contributed by atoms with Gasteiger partial charge in [-0.1, -0.05) is 18.2 Å². The highest BCUT2D eigenvalue weighted by Gasteiger charge is 2.16. The van der Waals surface area contributed by atoms with Crippen LogP contribution < -0.4 is 25.1 Å². The smallest absolute Gasteiger partial charge is 0.279 e. The van der Waals surface area contributed by atoms with Gasteiger partial charge in [0.05, 0.1) is 0 Å². The Morgan fingerprint density at radius 2 is 1.83 bits per heavy atom. The molecule has 1 aliphatic heterocycles. The van der Waals surface area contributed by atoms with E-state index in [4.69, 9.17) is 14.2 Å². The minimum Gasteiger partial charge on any atom is -0.486 e. The van der Waals surface area contributed by atoms with E-state index in [9.17, 15) is 9.59 Å². The van der Waals surface area contributed by atoms with Crippen LogP contribution in [-0.2, 0) is 9.59 Å². The summed E-state index contributed by atoms with van der Waals surface area (Å²) in [7, 11) is 0. The Bertz CT molecular complexity index is 939. The molecule has 0 radical (unpaired) electrons. The second kappa shape index (κ2) is 9.14. The van der Waals surface area contributed by atoms with Gasteiger partial charge in [0.2, 0.25) is 0 Å². The minimum absolute atomic E-state index is 0.452. The van der Waals surface area contributed by atoms with E-state index < -0.39 is 17.9 Å². The van der Waals surface area contributed by atoms with E-state index in [0.717, 1.165) is 16.7 Å². The van der Waals surface area contributed by atoms with Crippen molar-refractivity contribution in [2.45, 2.75) is 26.9 Å². The van der Waals surface area contributed by atoms with Gasteiger partial charge in [0.25, 0.3) is 11.8 Å². The Balaban J connectivity index is 1.50. The summed E-state index contributed by atoms with van der Waals surface area (Å²) in [4.78, 5) is 24.2. The molecule has 0 saturated carbocycles. The van der Waals surface area contributed by atoms with Crippen LogP contribution in [0.4, 0.5) is 0 Å². The van der Waals surface area contributed by atoms with Gasteiger partial charge in [0.1, 0.15) is 19.0 Å². The van der Waals surface area contributed by atoms with Crippen molar-refractivity contribution in [3.8, 4) is 17.2 Å². The molecular formula is C22H24N2O5. The van der Waals surface area contributed by atoms with E-state index in [1.54, 1.807) is 31.2 Å². The van der Waals surface area contributed by atoms with E-state index in [0.29, 0.717) is 30.5 Å². The summed E-state index contributed by atoms with van der Waals surface area (Å²) in [5, 5.41) is 0. The molecule has 1 heterocycles. The monoisotopic (exact) mass is 396 g/mol. The van der Waals surface area contributed by atoms with Crippen molar-refractivity contribution in [3.05, 3.63) is 59.2 Å². The van der Waals surface area contributed by atoms with Gasteiger partial charge >= 0.3 is 0 Å². The fourth-order valence-corrected chi connectivity index (χ4v) is 2.70. The Hall–Kier alpha value is -3.48. The van der Waals surface area contributed by atoms with Crippen LogP contribution in [0.25, 0.3) is 6.08 Å². The molecule has 3 rings (SSSR count). The number of hydrogen-bond acceptors (Lipinski definition) is 5. The van der Waals surface area contributed by atoms with Gasteiger partial charge in [-0.2, -0.15) is 0 Å². The SMILES string of the molecule is Cc1cccc(O[C@@H](C)C(=O)NNC(=O)/C=C/c2ccc3c(c2)OCCO3)c1C. The first-order valence-corrected chi connectivity index (χ1v) is 9.34. The van der Waals surface area contributed by atoms with Crippen molar-refractivity contribution in [1.29, 1.82) is 0 Å². The normalized spacial score (nSPS) is 13.6. The van der Waals surface area contributed by atoms with Crippen LogP contribution >= 0.6 is 0 Å². The highest BCUT2D eigenvalue weighted by Crippen LogP contribution is 2.31. The van der Waals surface area contributed by atoms with Gasteiger partial charge in [0, 0.05) is 6.08 Å². The summed E-state index contributed by atoms with van der Waals surface area (Å²) < 4.78 is 16.7. The zero-order valence-electron chi connectivity index (χ0n) is 16.7. The molecular weight excluding hydrogens is 372 g/mol. The first kappa shape index (κ1) is 20.3. The summed E-state index contributed by atoms with van der Waals surface area (Å²) in [6.45, 7) is 6.54. The highest BCUT2D eigenvalue weighted by molar-refractivity contribution is 5.93. The molecule has 0 bridgehead atoms. The first-order valence-electron chi connectivity index (χ1n) is 9.34. The molecule has 7 nitrogen and oxygen atoms in total. The summed E-state index contributed by atoms with van der Waals surface area (Å²) in [5.74, 6) is 1.05. The third-order valence-electron chi connectivity index (χ3n) is 4.53. The number of hydrogen-bond donors (Lipinski definition) is 2. The number of rotatable bonds is 5. The van der Waals surface area contributed by atoms with Crippen LogP contribution in [0.5, 0.6) is 17.2 Å². The molecule has 2 N–H and O–H groups in total. The third kappa shape index (κ3) is 5.28. The lowest BCUT2D eigenvalue weighted by atomic mass is 10.1. The number of carbonyl (C=O) groups is 2. The molecule has 29 heavy (non-hydrogen) atoms. The average molecular weight is 396 g/mol. The summed E-state index contributed by atoms with van der Waals surface area (Å²) in [5.41, 5.74) is 7.54. The van der Waals surface area contributed by atoms with Crippen LogP contribution in [0.3, 0.4) is 0 Å². The summed E-state index contributed by atoms with van der Waals surface area (Å²) in [6, 6.07) is 11.0. The molecule has 7 heteroatoms. The lowest BCUT2D eigenvalue weighted by molar-refractivity contribution is -0.131. The predicted molar refractivity (Wildman–Crippen MR) is 109 cm³/mol. The quantitative estimate of drug-likeness (QED) is 0.600. The fraction of sp³-hybridized carbons (Fsp3) is 0.273. The largest absolute Gasteiger partial charge is 0.486 e. The van der Waals surface area contributed by atoms with E-state index >= 15 is 0 Å². The van der Waals surface area contributed by atoms with Crippen LogP contribution in [0.1, 0.15) is 23.6 Å². The first-order chi connectivity index (χ1) is 13.9. The highest BCUT2D eigenvalue weighted by atomic mass is 16.6. The van der Waals surface area contributed by atoms with Crippen LogP contribution in [-0.4, -0.2) is 31.1 Å². The number of amides is 2. The molecule has 0 aromatic heterocycles. The van der Waals surface area contributed by atoms with Crippen molar-refractivity contribution < 1.29 is 23.8 Å². The van der Waals surface area contributed by atoms with E-state index in [2.05, 4.69) is 10.9 Å². The molecule has 2 aromatic rings. The van der Waals surface area contributed by atoms with Gasteiger partial charge in [-0.15, -0.1) is 0 Å². The van der Waals surface area contributed by atoms with Crippen molar-refractivity contribution in [2.24, 2.45) is 0 Å². The molecule has 0 aliphatic carbocycles. The van der Waals surface area contributed by atoms with Gasteiger partial charge < -0.3 is 14.2 Å². The Morgan fingerprint density at radius 3 is 2.62 bits per heavy atom. The third-order valence-corrected chi connectivity index (χ3v) is 4.53. The van der Waals surface area contributed by atoms with Gasteiger partial charge in [-0.25, -0.2) is 0 Å². The standard InChI is InChI=1S/C22H24N2O5/c1-14-5-4-6-18(15(14)2)29-16(3)22(26)24-23-21(25)10-8-17-7-9-19-20(13-17)28-12-11-27-19/h4-10,13,16H,11-12H2,1-3H3,(H,23,25)(H,24,26)/b10-8+/t16-/m0/s1. The average Bonchev–Trinajstić information content (AvgIpc) is 2.73. The summed E-state index contributed by atoms with van der Waals surface area (Å²) in [6.07, 6.45) is 2.18. The maximum Gasteiger partial charge on any atom is 0.279 e. The van der Waals surface area contributed by atoms with E-state index in [1.165, 1.54) is 6.08 Å². The fourth-order valence-electron chi connectivity index (χ4n) is 2.70. The zero-order chi connectivity index (χ0) is 20.8. The maximum absolute atomic E-state index is 12.2. The van der Waals surface area contributed by atoms with E-state index in [1.807, 2.05) is 32.0 Å². The number of hydrazine groups is 1. The maximum atomic E-state index is 12.2. The second-order valence-corrected chi connectivity index (χ2v) is 6.67. The lowest BCUT2D eigenvalue weighted by Crippen LogP contribution is -2.46. The number of carbonyl (C=O) groups excluding carboxylic acids is 2. The minimum atomic E-state index is -0.766. The molecule has 0 fully saturated rings. The molecule has 0 saturated heterocycles. The van der Waals surface area contributed by atoms with Gasteiger partial charge in [-0.3, -0.25) is 20.4 Å². The predicted octanol–water partition coefficient (Wildman–Crippen LogP) is 2.70. The number of fused-ring (bicyclic) bond motifs is 1. The number of ether oxygens (including phenoxy) is 3.